The van der Waals surface area contributed by atoms with Crippen molar-refractivity contribution < 1.29 is 14.4 Å². The summed E-state index contributed by atoms with van der Waals surface area (Å²) in [6, 6.07) is 7.65. The van der Waals surface area contributed by atoms with Crippen molar-refractivity contribution in [2.75, 3.05) is 7.05 Å². The van der Waals surface area contributed by atoms with E-state index in [4.69, 9.17) is 0 Å². The first-order chi connectivity index (χ1) is 7.49. The van der Waals surface area contributed by atoms with Gasteiger partial charge >= 0.3 is 5.97 Å². The molecule has 4 nitrogen and oxygen atoms in total. The molecule has 1 aromatic carbocycles. The van der Waals surface area contributed by atoms with E-state index in [2.05, 4.69) is 4.84 Å². The number of hydroxylamine groups is 2. The van der Waals surface area contributed by atoms with Gasteiger partial charge in [0, 0.05) is 14.0 Å². The van der Waals surface area contributed by atoms with Crippen molar-refractivity contribution in [3.8, 4) is 0 Å². The van der Waals surface area contributed by atoms with E-state index in [1.807, 2.05) is 31.2 Å². The fourth-order valence-electron chi connectivity index (χ4n) is 1.24. The molecule has 0 atom stereocenters. The van der Waals surface area contributed by atoms with Crippen molar-refractivity contribution in [1.82, 2.24) is 5.06 Å². The molecule has 1 amide bonds. The second-order valence-electron chi connectivity index (χ2n) is 3.64. The highest BCUT2D eigenvalue weighted by Gasteiger charge is 2.12. The summed E-state index contributed by atoms with van der Waals surface area (Å²) in [5, 5.41) is 0.961. The van der Waals surface area contributed by atoms with Gasteiger partial charge in [0.15, 0.2) is 0 Å². The van der Waals surface area contributed by atoms with Gasteiger partial charge in [-0.1, -0.05) is 29.8 Å². The second-order valence-corrected chi connectivity index (χ2v) is 3.64. The molecule has 0 spiro atoms. The normalized spacial score (nSPS) is 9.69. The fraction of sp³-hybridized carbons (Fsp3) is 0.333. The molecule has 0 N–H and O–H groups in total. The minimum absolute atomic E-state index is 0.226. The van der Waals surface area contributed by atoms with E-state index < -0.39 is 5.97 Å². The first-order valence-corrected chi connectivity index (χ1v) is 4.99. The summed E-state index contributed by atoms with van der Waals surface area (Å²) in [5.41, 5.74) is 2.04. The Bertz CT molecular complexity index is 384. The highest BCUT2D eigenvalue weighted by atomic mass is 16.7. The summed E-state index contributed by atoms with van der Waals surface area (Å²) in [4.78, 5) is 26.9. The Morgan fingerprint density at radius 3 is 2.31 bits per heavy atom. The van der Waals surface area contributed by atoms with Crippen LogP contribution in [0.1, 0.15) is 18.1 Å². The lowest BCUT2D eigenvalue weighted by molar-refractivity contribution is -0.190. The predicted molar refractivity (Wildman–Crippen MR) is 59.4 cm³/mol. The number of benzene rings is 1. The Hall–Kier alpha value is -1.84. The average molecular weight is 221 g/mol. The van der Waals surface area contributed by atoms with Crippen molar-refractivity contribution in [2.24, 2.45) is 0 Å². The molecule has 0 saturated carbocycles. The number of aryl methyl sites for hydroxylation is 1. The summed E-state index contributed by atoms with van der Waals surface area (Å²) >= 11 is 0. The van der Waals surface area contributed by atoms with Gasteiger partial charge in [-0.05, 0) is 12.5 Å². The van der Waals surface area contributed by atoms with Gasteiger partial charge in [-0.15, -0.1) is 0 Å². The van der Waals surface area contributed by atoms with Crippen LogP contribution in [0.3, 0.4) is 0 Å². The summed E-state index contributed by atoms with van der Waals surface area (Å²) < 4.78 is 0. The predicted octanol–water partition coefficient (Wildman–Crippen LogP) is 1.47. The molecule has 86 valence electrons. The van der Waals surface area contributed by atoms with Gasteiger partial charge in [-0.25, -0.2) is 0 Å². The number of hydrogen-bond donors (Lipinski definition) is 0. The second kappa shape index (κ2) is 5.30. The molecular weight excluding hydrogens is 206 g/mol. The number of hydrogen-bond acceptors (Lipinski definition) is 3. The first kappa shape index (κ1) is 12.2. The summed E-state index contributed by atoms with van der Waals surface area (Å²) in [6.45, 7) is 3.24. The maximum Gasteiger partial charge on any atom is 0.329 e. The largest absolute Gasteiger partial charge is 0.339 e. The topological polar surface area (TPSA) is 46.6 Å². The van der Waals surface area contributed by atoms with Gasteiger partial charge in [0.2, 0.25) is 0 Å². The lowest BCUT2D eigenvalue weighted by atomic mass is 10.1. The van der Waals surface area contributed by atoms with Gasteiger partial charge in [0.25, 0.3) is 5.91 Å². The zero-order chi connectivity index (χ0) is 12.1. The van der Waals surface area contributed by atoms with Crippen LogP contribution in [-0.2, 0) is 20.8 Å². The minimum Gasteiger partial charge on any atom is -0.339 e. The Kier molecular flexibility index (Phi) is 4.05. The highest BCUT2D eigenvalue weighted by molar-refractivity contribution is 5.79. The van der Waals surface area contributed by atoms with Gasteiger partial charge in [0.1, 0.15) is 0 Å². The van der Waals surface area contributed by atoms with E-state index in [-0.39, 0.29) is 12.3 Å². The molecule has 16 heavy (non-hydrogen) atoms. The molecule has 0 aliphatic rings. The molecule has 0 fully saturated rings. The van der Waals surface area contributed by atoms with Gasteiger partial charge in [-0.2, -0.15) is 5.06 Å². The quantitative estimate of drug-likeness (QED) is 0.710. The van der Waals surface area contributed by atoms with Gasteiger partial charge in [0.05, 0.1) is 6.42 Å². The average Bonchev–Trinajstić information content (AvgIpc) is 2.20. The molecule has 0 aliphatic carbocycles. The standard InChI is InChI=1S/C12H15NO3/c1-9-4-6-11(7-5-9)8-12(15)13(3)16-10(2)14/h4-7H,8H2,1-3H3. The molecule has 4 heteroatoms. The van der Waals surface area contributed by atoms with Crippen molar-refractivity contribution in [1.29, 1.82) is 0 Å². The number of rotatable bonds is 2. The maximum atomic E-state index is 11.6. The smallest absolute Gasteiger partial charge is 0.329 e. The van der Waals surface area contributed by atoms with E-state index in [0.717, 1.165) is 16.2 Å². The van der Waals surface area contributed by atoms with Crippen LogP contribution in [0, 0.1) is 6.92 Å². The SMILES string of the molecule is CC(=O)ON(C)C(=O)Cc1ccc(C)cc1. The van der Waals surface area contributed by atoms with E-state index >= 15 is 0 Å². The van der Waals surface area contributed by atoms with Crippen molar-refractivity contribution >= 4 is 11.9 Å². The van der Waals surface area contributed by atoms with Crippen molar-refractivity contribution in [3.63, 3.8) is 0 Å². The molecule has 1 rings (SSSR count). The molecule has 0 saturated heterocycles. The Morgan fingerprint density at radius 2 is 1.81 bits per heavy atom. The number of amides is 1. The van der Waals surface area contributed by atoms with Gasteiger partial charge in [-0.3, -0.25) is 9.59 Å². The zero-order valence-electron chi connectivity index (χ0n) is 9.69. The van der Waals surface area contributed by atoms with E-state index in [1.165, 1.54) is 14.0 Å². The van der Waals surface area contributed by atoms with Crippen LogP contribution < -0.4 is 0 Å². The third-order valence-corrected chi connectivity index (χ3v) is 2.09. The number of nitrogens with zero attached hydrogens (tertiary/aromatic N) is 1. The van der Waals surface area contributed by atoms with Crippen LogP contribution in [0.2, 0.25) is 0 Å². The lowest BCUT2D eigenvalue weighted by Gasteiger charge is -2.14. The Balaban J connectivity index is 2.57. The van der Waals surface area contributed by atoms with Crippen LogP contribution in [0.5, 0.6) is 0 Å². The molecule has 0 aliphatic heterocycles. The van der Waals surface area contributed by atoms with Crippen molar-refractivity contribution in [2.45, 2.75) is 20.3 Å². The lowest BCUT2D eigenvalue weighted by Crippen LogP contribution is -2.30. The van der Waals surface area contributed by atoms with Crippen LogP contribution in [0.25, 0.3) is 0 Å². The highest BCUT2D eigenvalue weighted by Crippen LogP contribution is 2.05. The Morgan fingerprint density at radius 1 is 1.25 bits per heavy atom. The van der Waals surface area contributed by atoms with Crippen LogP contribution in [0.15, 0.2) is 24.3 Å². The Labute approximate surface area is 94.8 Å². The van der Waals surface area contributed by atoms with E-state index in [1.54, 1.807) is 0 Å². The van der Waals surface area contributed by atoms with Crippen molar-refractivity contribution in [3.05, 3.63) is 35.4 Å². The van der Waals surface area contributed by atoms with E-state index in [9.17, 15) is 9.59 Å². The van der Waals surface area contributed by atoms with Crippen LogP contribution >= 0.6 is 0 Å². The van der Waals surface area contributed by atoms with E-state index in [0.29, 0.717) is 0 Å². The number of carbonyl (C=O) groups excluding carboxylic acids is 2. The van der Waals surface area contributed by atoms with Crippen LogP contribution in [-0.4, -0.2) is 24.0 Å². The summed E-state index contributed by atoms with van der Waals surface area (Å²) in [7, 11) is 1.43. The molecule has 0 aromatic heterocycles. The number of likely N-dealkylation sites (N-methyl/N-ethyl adjacent to an activating group) is 1. The molecule has 0 heterocycles. The zero-order valence-corrected chi connectivity index (χ0v) is 9.69. The molecule has 0 unspecified atom stereocenters. The van der Waals surface area contributed by atoms with Gasteiger partial charge < -0.3 is 4.84 Å². The summed E-state index contributed by atoms with van der Waals surface area (Å²) in [5.74, 6) is -0.751. The maximum absolute atomic E-state index is 11.6. The molecule has 0 bridgehead atoms. The third kappa shape index (κ3) is 3.73. The third-order valence-electron chi connectivity index (χ3n) is 2.09. The molecule has 1 aromatic rings. The monoisotopic (exact) mass is 221 g/mol. The first-order valence-electron chi connectivity index (χ1n) is 4.99. The summed E-state index contributed by atoms with van der Waals surface area (Å²) in [6.07, 6.45) is 0.226. The fourth-order valence-corrected chi connectivity index (χ4v) is 1.24. The van der Waals surface area contributed by atoms with Crippen LogP contribution in [0.4, 0.5) is 0 Å². The molecular formula is C12H15NO3. The minimum atomic E-state index is -0.500. The number of carbonyl (C=O) groups is 2. The molecule has 0 radical (unpaired) electrons.